The molecule has 0 heterocycles. The molecule has 0 saturated heterocycles. The second kappa shape index (κ2) is 5.86. The van der Waals surface area contributed by atoms with E-state index in [4.69, 9.17) is 4.74 Å². The minimum atomic E-state index is -0.224. The fourth-order valence-electron chi connectivity index (χ4n) is 3.62. The Bertz CT molecular complexity index is 468. The van der Waals surface area contributed by atoms with Crippen molar-refractivity contribution in [3.05, 3.63) is 29.8 Å². The lowest BCUT2D eigenvalue weighted by molar-refractivity contribution is 0.0505. The maximum absolute atomic E-state index is 11.7. The van der Waals surface area contributed by atoms with Crippen LogP contribution >= 0.6 is 0 Å². The highest BCUT2D eigenvalue weighted by atomic mass is 16.5. The fourth-order valence-corrected chi connectivity index (χ4v) is 3.62. The number of carbonyl (C=O) groups is 1. The summed E-state index contributed by atoms with van der Waals surface area (Å²) in [7, 11) is 0. The van der Waals surface area contributed by atoms with Crippen LogP contribution in [0.1, 0.15) is 49.4 Å². The van der Waals surface area contributed by atoms with Gasteiger partial charge in [0.2, 0.25) is 0 Å². The molecule has 2 aliphatic carbocycles. The molecule has 0 aromatic heterocycles. The molecule has 2 aliphatic rings. The van der Waals surface area contributed by atoms with Gasteiger partial charge in [-0.05, 0) is 61.8 Å². The molecule has 1 aromatic rings. The van der Waals surface area contributed by atoms with Gasteiger partial charge < -0.3 is 10.1 Å². The molecule has 0 radical (unpaired) electrons. The minimum absolute atomic E-state index is 0.224. The first-order chi connectivity index (χ1) is 9.76. The van der Waals surface area contributed by atoms with Crippen LogP contribution < -0.4 is 5.32 Å². The van der Waals surface area contributed by atoms with E-state index >= 15 is 0 Å². The number of carbonyl (C=O) groups excluding carboxylic acids is 1. The number of ether oxygens (including phenoxy) is 1. The number of hydrogen-bond donors (Lipinski definition) is 1. The van der Waals surface area contributed by atoms with Gasteiger partial charge in [0.1, 0.15) is 0 Å². The molecular formula is C17H23NO2. The lowest BCUT2D eigenvalue weighted by Crippen LogP contribution is -2.25. The van der Waals surface area contributed by atoms with E-state index < -0.39 is 0 Å². The first-order valence-corrected chi connectivity index (χ1v) is 7.80. The molecule has 0 spiro atoms. The third-order valence-corrected chi connectivity index (χ3v) is 4.65. The van der Waals surface area contributed by atoms with Gasteiger partial charge in [-0.15, -0.1) is 0 Å². The Morgan fingerprint density at radius 1 is 1.25 bits per heavy atom. The summed E-state index contributed by atoms with van der Waals surface area (Å²) in [6, 6.07) is 8.33. The Labute approximate surface area is 120 Å². The molecule has 3 unspecified atom stereocenters. The summed E-state index contributed by atoms with van der Waals surface area (Å²) < 4.78 is 5.13. The van der Waals surface area contributed by atoms with Crippen LogP contribution in [0.2, 0.25) is 0 Å². The zero-order chi connectivity index (χ0) is 13.9. The average Bonchev–Trinajstić information content (AvgIpc) is 3.08. The van der Waals surface area contributed by atoms with Crippen molar-refractivity contribution in [1.82, 2.24) is 0 Å². The number of nitrogens with one attached hydrogen (secondary N) is 1. The quantitative estimate of drug-likeness (QED) is 0.828. The highest BCUT2D eigenvalue weighted by molar-refractivity contribution is 5.89. The van der Waals surface area contributed by atoms with Gasteiger partial charge in [0.05, 0.1) is 12.2 Å². The highest BCUT2D eigenvalue weighted by Gasteiger charge is 2.39. The molecule has 2 bridgehead atoms. The van der Waals surface area contributed by atoms with Crippen LogP contribution in [0.15, 0.2) is 24.3 Å². The molecule has 3 nitrogen and oxygen atoms in total. The van der Waals surface area contributed by atoms with Gasteiger partial charge in [0, 0.05) is 11.7 Å². The molecule has 1 N–H and O–H groups in total. The van der Waals surface area contributed by atoms with Crippen molar-refractivity contribution in [1.29, 1.82) is 0 Å². The zero-order valence-corrected chi connectivity index (χ0v) is 12.1. The summed E-state index contributed by atoms with van der Waals surface area (Å²) in [4.78, 5) is 11.7. The molecule has 3 heteroatoms. The van der Waals surface area contributed by atoms with Gasteiger partial charge in [-0.1, -0.05) is 13.3 Å². The topological polar surface area (TPSA) is 38.3 Å². The van der Waals surface area contributed by atoms with Crippen LogP contribution in [0.4, 0.5) is 5.69 Å². The molecular weight excluding hydrogens is 250 g/mol. The number of rotatable bonds is 5. The number of hydrogen-bond acceptors (Lipinski definition) is 3. The summed E-state index contributed by atoms with van der Waals surface area (Å²) in [5, 5.41) is 3.63. The summed E-state index contributed by atoms with van der Waals surface area (Å²) in [6.45, 7) is 2.49. The number of anilines is 1. The van der Waals surface area contributed by atoms with Crippen LogP contribution in [0.5, 0.6) is 0 Å². The monoisotopic (exact) mass is 273 g/mol. The van der Waals surface area contributed by atoms with E-state index in [9.17, 15) is 4.79 Å². The first kappa shape index (κ1) is 13.5. The maximum Gasteiger partial charge on any atom is 0.338 e. The smallest absolute Gasteiger partial charge is 0.338 e. The summed E-state index contributed by atoms with van der Waals surface area (Å²) in [5.74, 6) is 1.58. The molecule has 2 fully saturated rings. The molecule has 0 aliphatic heterocycles. The molecule has 3 rings (SSSR count). The van der Waals surface area contributed by atoms with E-state index in [2.05, 4.69) is 5.32 Å². The number of esters is 1. The normalized spacial score (nSPS) is 27.6. The van der Waals surface area contributed by atoms with E-state index in [0.717, 1.165) is 23.9 Å². The van der Waals surface area contributed by atoms with Crippen LogP contribution in [0.25, 0.3) is 0 Å². The molecule has 1 aromatic carbocycles. The van der Waals surface area contributed by atoms with Crippen molar-refractivity contribution in [3.63, 3.8) is 0 Å². The van der Waals surface area contributed by atoms with E-state index in [1.165, 1.54) is 25.7 Å². The Balaban J connectivity index is 1.57. The number of fused-ring (bicyclic) bond motifs is 2. The van der Waals surface area contributed by atoms with Crippen molar-refractivity contribution in [2.24, 2.45) is 11.8 Å². The molecule has 108 valence electrons. The van der Waals surface area contributed by atoms with Crippen LogP contribution in [-0.4, -0.2) is 18.6 Å². The SMILES string of the molecule is CCCOC(=O)c1ccc(NC2CC3CCC2C3)cc1. The lowest BCUT2D eigenvalue weighted by Gasteiger charge is -2.24. The number of benzene rings is 1. The van der Waals surface area contributed by atoms with Crippen molar-refractivity contribution in [2.75, 3.05) is 11.9 Å². The standard InChI is InChI=1S/C17H23NO2/c1-2-9-20-17(19)13-5-7-15(8-6-13)18-16-11-12-3-4-14(16)10-12/h5-8,12,14,16,18H,2-4,9-11H2,1H3. The Morgan fingerprint density at radius 2 is 2.05 bits per heavy atom. The second-order valence-electron chi connectivity index (χ2n) is 6.14. The predicted molar refractivity (Wildman–Crippen MR) is 79.9 cm³/mol. The van der Waals surface area contributed by atoms with Gasteiger partial charge in [-0.25, -0.2) is 4.79 Å². The maximum atomic E-state index is 11.7. The third-order valence-electron chi connectivity index (χ3n) is 4.65. The lowest BCUT2D eigenvalue weighted by atomic mass is 9.95. The van der Waals surface area contributed by atoms with Crippen molar-refractivity contribution in [3.8, 4) is 0 Å². The molecule has 3 atom stereocenters. The molecule has 20 heavy (non-hydrogen) atoms. The largest absolute Gasteiger partial charge is 0.462 e. The van der Waals surface area contributed by atoms with Gasteiger partial charge in [0.15, 0.2) is 0 Å². The predicted octanol–water partition coefficient (Wildman–Crippen LogP) is 3.85. The van der Waals surface area contributed by atoms with Gasteiger partial charge in [-0.3, -0.25) is 0 Å². The average molecular weight is 273 g/mol. The molecule has 2 saturated carbocycles. The van der Waals surface area contributed by atoms with Gasteiger partial charge in [0.25, 0.3) is 0 Å². The third kappa shape index (κ3) is 2.82. The van der Waals surface area contributed by atoms with Crippen molar-refractivity contribution in [2.45, 2.75) is 45.1 Å². The summed E-state index contributed by atoms with van der Waals surface area (Å²) >= 11 is 0. The van der Waals surface area contributed by atoms with Crippen molar-refractivity contribution >= 4 is 11.7 Å². The Hall–Kier alpha value is -1.51. The van der Waals surface area contributed by atoms with Crippen LogP contribution in [0, 0.1) is 11.8 Å². The first-order valence-electron chi connectivity index (χ1n) is 7.80. The summed E-state index contributed by atoms with van der Waals surface area (Å²) in [6.07, 6.45) is 6.37. The van der Waals surface area contributed by atoms with Crippen LogP contribution in [-0.2, 0) is 4.74 Å². The fraction of sp³-hybridized carbons (Fsp3) is 0.588. The van der Waals surface area contributed by atoms with E-state index in [0.29, 0.717) is 18.2 Å². The molecule has 0 amide bonds. The van der Waals surface area contributed by atoms with E-state index in [1.54, 1.807) is 0 Å². The summed E-state index contributed by atoms with van der Waals surface area (Å²) in [5.41, 5.74) is 1.76. The van der Waals surface area contributed by atoms with E-state index in [-0.39, 0.29) is 5.97 Å². The highest BCUT2D eigenvalue weighted by Crippen LogP contribution is 2.45. The Kier molecular flexibility index (Phi) is 3.95. The second-order valence-corrected chi connectivity index (χ2v) is 6.14. The van der Waals surface area contributed by atoms with Gasteiger partial charge >= 0.3 is 5.97 Å². The zero-order valence-electron chi connectivity index (χ0n) is 12.1. The van der Waals surface area contributed by atoms with Crippen LogP contribution in [0.3, 0.4) is 0 Å². The minimum Gasteiger partial charge on any atom is -0.462 e. The Morgan fingerprint density at radius 3 is 2.65 bits per heavy atom. The van der Waals surface area contributed by atoms with E-state index in [1.807, 2.05) is 31.2 Å². The van der Waals surface area contributed by atoms with Gasteiger partial charge in [-0.2, -0.15) is 0 Å². The van der Waals surface area contributed by atoms with Crippen molar-refractivity contribution < 1.29 is 9.53 Å².